The molecule has 0 spiro atoms. The maximum atomic E-state index is 12.9. The topological polar surface area (TPSA) is 84.9 Å². The number of benzene rings is 1. The second-order valence-electron chi connectivity index (χ2n) is 6.32. The number of hydrogen-bond acceptors (Lipinski definition) is 6. The summed E-state index contributed by atoms with van der Waals surface area (Å²) in [5, 5.41) is 2.85. The number of amides is 1. The molecule has 1 amide bonds. The molecule has 28 heavy (non-hydrogen) atoms. The molecule has 0 radical (unpaired) electrons. The van der Waals surface area contributed by atoms with Crippen LogP contribution in [0.2, 0.25) is 0 Å². The van der Waals surface area contributed by atoms with Gasteiger partial charge in [-0.3, -0.25) is 4.79 Å². The molecule has 1 aromatic carbocycles. The second kappa shape index (κ2) is 8.81. The van der Waals surface area contributed by atoms with Crippen molar-refractivity contribution in [3.63, 3.8) is 0 Å². The summed E-state index contributed by atoms with van der Waals surface area (Å²) in [5.41, 5.74) is 0.494. The van der Waals surface area contributed by atoms with Crippen LogP contribution >= 0.6 is 27.3 Å². The minimum atomic E-state index is -3.61. The lowest BCUT2D eigenvalue weighted by molar-refractivity contribution is -0.120. The molecule has 1 saturated heterocycles. The molecule has 3 rings (SSSR count). The quantitative estimate of drug-likeness (QED) is 0.671. The number of thiophene rings is 1. The van der Waals surface area contributed by atoms with Crippen LogP contribution < -0.4 is 14.8 Å². The molecular weight excluding hydrogens is 468 g/mol. The third-order valence-electron chi connectivity index (χ3n) is 4.56. The highest BCUT2D eigenvalue weighted by Gasteiger charge is 2.34. The minimum Gasteiger partial charge on any atom is -0.497 e. The molecule has 2 heterocycles. The SMILES string of the molecule is COc1ccc(OC)c(NC(=O)[C@@H]2CCCN(S(=O)(=O)c3ccc(Br)s3)C2)c1. The first-order valence-electron chi connectivity index (χ1n) is 8.63. The number of halogens is 1. The molecule has 7 nitrogen and oxygen atoms in total. The highest BCUT2D eigenvalue weighted by atomic mass is 79.9. The molecule has 152 valence electrons. The number of carbonyl (C=O) groups is 1. The lowest BCUT2D eigenvalue weighted by Gasteiger charge is -2.30. The van der Waals surface area contributed by atoms with Crippen molar-refractivity contribution in [2.45, 2.75) is 17.1 Å². The average Bonchev–Trinajstić information content (AvgIpc) is 3.15. The Morgan fingerprint density at radius 3 is 2.68 bits per heavy atom. The fourth-order valence-electron chi connectivity index (χ4n) is 3.08. The number of methoxy groups -OCH3 is 2. The van der Waals surface area contributed by atoms with Crippen LogP contribution in [0, 0.1) is 5.92 Å². The fraction of sp³-hybridized carbons (Fsp3) is 0.389. The number of carbonyl (C=O) groups excluding carboxylic acids is 1. The number of anilines is 1. The first-order chi connectivity index (χ1) is 13.3. The van der Waals surface area contributed by atoms with Crippen LogP contribution in [0.25, 0.3) is 0 Å². The summed E-state index contributed by atoms with van der Waals surface area (Å²) in [4.78, 5) is 12.8. The fourth-order valence-corrected chi connectivity index (χ4v) is 6.77. The largest absolute Gasteiger partial charge is 0.497 e. The Kier molecular flexibility index (Phi) is 6.64. The van der Waals surface area contributed by atoms with Crippen molar-refractivity contribution in [3.05, 3.63) is 34.1 Å². The van der Waals surface area contributed by atoms with Gasteiger partial charge in [0.05, 0.1) is 29.6 Å². The third-order valence-corrected chi connectivity index (χ3v) is 8.52. The van der Waals surface area contributed by atoms with E-state index in [1.165, 1.54) is 22.8 Å². The minimum absolute atomic E-state index is 0.149. The number of nitrogens with one attached hydrogen (secondary N) is 1. The first kappa shape index (κ1) is 21.1. The summed E-state index contributed by atoms with van der Waals surface area (Å²) < 4.78 is 38.6. The summed E-state index contributed by atoms with van der Waals surface area (Å²) in [6.45, 7) is 0.556. The van der Waals surface area contributed by atoms with Gasteiger partial charge in [0.1, 0.15) is 15.7 Å². The summed E-state index contributed by atoms with van der Waals surface area (Å²) in [7, 11) is -0.546. The van der Waals surface area contributed by atoms with Gasteiger partial charge in [-0.25, -0.2) is 8.42 Å². The van der Waals surface area contributed by atoms with Crippen molar-refractivity contribution >= 4 is 48.9 Å². The van der Waals surface area contributed by atoms with E-state index in [1.807, 2.05) is 0 Å². The highest BCUT2D eigenvalue weighted by molar-refractivity contribution is 9.11. The molecule has 1 aliphatic heterocycles. The van der Waals surface area contributed by atoms with Crippen molar-refractivity contribution in [2.24, 2.45) is 5.92 Å². The summed E-state index contributed by atoms with van der Waals surface area (Å²) in [6.07, 6.45) is 1.25. The van der Waals surface area contributed by atoms with Gasteiger partial charge in [-0.05, 0) is 53.0 Å². The molecule has 0 bridgehead atoms. The van der Waals surface area contributed by atoms with Gasteiger partial charge >= 0.3 is 0 Å². The van der Waals surface area contributed by atoms with Gasteiger partial charge in [-0.15, -0.1) is 11.3 Å². The standard InChI is InChI=1S/C18H21BrN2O5S2/c1-25-13-5-6-15(26-2)14(10-13)20-18(22)12-4-3-9-21(11-12)28(23,24)17-8-7-16(19)27-17/h5-8,10,12H,3-4,9,11H2,1-2H3,(H,20,22)/t12-/m1/s1. The number of piperidine rings is 1. The zero-order valence-electron chi connectivity index (χ0n) is 15.5. The van der Waals surface area contributed by atoms with E-state index in [4.69, 9.17) is 9.47 Å². The Morgan fingerprint density at radius 2 is 2.04 bits per heavy atom. The summed E-state index contributed by atoms with van der Waals surface area (Å²) in [5.74, 6) is 0.423. The van der Waals surface area contributed by atoms with Crippen LogP contribution in [0.15, 0.2) is 38.3 Å². The zero-order valence-corrected chi connectivity index (χ0v) is 18.7. The van der Waals surface area contributed by atoms with Crippen LogP contribution in [0.4, 0.5) is 5.69 Å². The highest BCUT2D eigenvalue weighted by Crippen LogP contribution is 2.32. The van der Waals surface area contributed by atoms with Gasteiger partial charge in [0, 0.05) is 19.2 Å². The molecule has 10 heteroatoms. The maximum Gasteiger partial charge on any atom is 0.252 e. The molecule has 0 saturated carbocycles. The molecule has 1 atom stereocenters. The predicted octanol–water partition coefficient (Wildman–Crippen LogP) is 3.57. The Labute approximate surface area is 176 Å². The normalized spacial score (nSPS) is 17.9. The van der Waals surface area contributed by atoms with Gasteiger partial charge in [0.25, 0.3) is 10.0 Å². The monoisotopic (exact) mass is 488 g/mol. The lowest BCUT2D eigenvalue weighted by atomic mass is 9.98. The summed E-state index contributed by atoms with van der Waals surface area (Å²) in [6, 6.07) is 8.41. The Balaban J connectivity index is 1.75. The van der Waals surface area contributed by atoms with Crippen molar-refractivity contribution in [2.75, 3.05) is 32.6 Å². The Morgan fingerprint density at radius 1 is 1.25 bits per heavy atom. The molecule has 0 unspecified atom stereocenters. The molecule has 1 N–H and O–H groups in total. The number of ether oxygens (including phenoxy) is 2. The molecule has 1 fully saturated rings. The van der Waals surface area contributed by atoms with Gasteiger partial charge in [-0.2, -0.15) is 4.31 Å². The molecule has 0 aliphatic carbocycles. The maximum absolute atomic E-state index is 12.9. The number of rotatable bonds is 6. The Hall–Kier alpha value is -1.62. The van der Waals surface area contributed by atoms with Gasteiger partial charge in [-0.1, -0.05) is 0 Å². The first-order valence-corrected chi connectivity index (χ1v) is 11.7. The van der Waals surface area contributed by atoms with E-state index < -0.39 is 15.9 Å². The average molecular weight is 489 g/mol. The van der Waals surface area contributed by atoms with Crippen molar-refractivity contribution in [3.8, 4) is 11.5 Å². The summed E-state index contributed by atoms with van der Waals surface area (Å²) >= 11 is 4.46. The van der Waals surface area contributed by atoms with Gasteiger partial charge in [0.15, 0.2) is 0 Å². The lowest BCUT2D eigenvalue weighted by Crippen LogP contribution is -2.43. The van der Waals surface area contributed by atoms with Crippen molar-refractivity contribution in [1.29, 1.82) is 0 Å². The number of nitrogens with zero attached hydrogens (tertiary/aromatic N) is 1. The van der Waals surface area contributed by atoms with E-state index in [2.05, 4.69) is 21.2 Å². The van der Waals surface area contributed by atoms with Crippen molar-refractivity contribution in [1.82, 2.24) is 4.31 Å². The van der Waals surface area contributed by atoms with Crippen LogP contribution in [0.3, 0.4) is 0 Å². The van der Waals surface area contributed by atoms with Gasteiger partial charge < -0.3 is 14.8 Å². The molecular formula is C18H21BrN2O5S2. The number of sulfonamides is 1. The van der Waals surface area contributed by atoms with Crippen molar-refractivity contribution < 1.29 is 22.7 Å². The van der Waals surface area contributed by atoms with Gasteiger partial charge in [0.2, 0.25) is 5.91 Å². The van der Waals surface area contributed by atoms with Crippen LogP contribution in [0.5, 0.6) is 11.5 Å². The second-order valence-corrected chi connectivity index (χ2v) is 10.9. The number of hydrogen-bond donors (Lipinski definition) is 1. The van der Waals surface area contributed by atoms with E-state index in [9.17, 15) is 13.2 Å². The van der Waals surface area contributed by atoms with E-state index in [0.29, 0.717) is 36.6 Å². The Bertz CT molecular complexity index is 961. The predicted molar refractivity (Wildman–Crippen MR) is 112 cm³/mol. The van der Waals surface area contributed by atoms with Crippen LogP contribution in [0.1, 0.15) is 12.8 Å². The van der Waals surface area contributed by atoms with Crippen LogP contribution in [-0.4, -0.2) is 45.9 Å². The smallest absolute Gasteiger partial charge is 0.252 e. The third kappa shape index (κ3) is 4.51. The molecule has 1 aliphatic rings. The van der Waals surface area contributed by atoms with E-state index in [1.54, 1.807) is 37.4 Å². The molecule has 2 aromatic rings. The zero-order chi connectivity index (χ0) is 20.3. The van der Waals surface area contributed by atoms with E-state index in [0.717, 1.165) is 3.79 Å². The van der Waals surface area contributed by atoms with E-state index in [-0.39, 0.29) is 16.7 Å². The van der Waals surface area contributed by atoms with E-state index >= 15 is 0 Å². The van der Waals surface area contributed by atoms with Crippen LogP contribution in [-0.2, 0) is 14.8 Å². The molecule has 1 aromatic heterocycles.